The SMILES string of the molecule is CC(O)CNc1ncnc2sccc12. The van der Waals surface area contributed by atoms with E-state index in [-0.39, 0.29) is 6.10 Å². The Hall–Kier alpha value is -1.20. The highest BCUT2D eigenvalue weighted by molar-refractivity contribution is 7.16. The predicted octanol–water partition coefficient (Wildman–Crippen LogP) is 1.48. The number of hydrogen-bond donors (Lipinski definition) is 2. The summed E-state index contributed by atoms with van der Waals surface area (Å²) in [5.41, 5.74) is 0. The van der Waals surface area contributed by atoms with E-state index in [2.05, 4.69) is 15.3 Å². The molecule has 0 aliphatic rings. The molecule has 0 spiro atoms. The van der Waals surface area contributed by atoms with Crippen LogP contribution in [0.15, 0.2) is 17.8 Å². The van der Waals surface area contributed by atoms with Gasteiger partial charge in [-0.2, -0.15) is 0 Å². The summed E-state index contributed by atoms with van der Waals surface area (Å²) >= 11 is 1.58. The van der Waals surface area contributed by atoms with Crippen molar-refractivity contribution in [2.45, 2.75) is 13.0 Å². The quantitative estimate of drug-likeness (QED) is 0.804. The van der Waals surface area contributed by atoms with Gasteiger partial charge in [-0.05, 0) is 18.4 Å². The lowest BCUT2D eigenvalue weighted by molar-refractivity contribution is 0.208. The number of aliphatic hydroxyl groups is 1. The summed E-state index contributed by atoms with van der Waals surface area (Å²) < 4.78 is 0. The lowest BCUT2D eigenvalue weighted by Crippen LogP contribution is -2.16. The van der Waals surface area contributed by atoms with Gasteiger partial charge in [-0.25, -0.2) is 9.97 Å². The third-order valence-corrected chi connectivity index (χ3v) is 2.65. The van der Waals surface area contributed by atoms with Crippen LogP contribution in [0.5, 0.6) is 0 Å². The normalized spacial score (nSPS) is 13.0. The topological polar surface area (TPSA) is 58.0 Å². The van der Waals surface area contributed by atoms with E-state index < -0.39 is 0 Å². The van der Waals surface area contributed by atoms with Crippen LogP contribution in [0.2, 0.25) is 0 Å². The van der Waals surface area contributed by atoms with Gasteiger partial charge in [0.1, 0.15) is 17.0 Å². The fourth-order valence-corrected chi connectivity index (χ4v) is 1.91. The number of nitrogens with one attached hydrogen (secondary N) is 1. The van der Waals surface area contributed by atoms with Gasteiger partial charge >= 0.3 is 0 Å². The standard InChI is InChI=1S/C9H11N3OS/c1-6(13)4-10-8-7-2-3-14-9(7)12-5-11-8/h2-3,5-6,13H,4H2,1H3,(H,10,11,12). The Morgan fingerprint density at radius 3 is 3.21 bits per heavy atom. The molecular weight excluding hydrogens is 198 g/mol. The van der Waals surface area contributed by atoms with Crippen LogP contribution in [0.1, 0.15) is 6.92 Å². The Labute approximate surface area is 85.6 Å². The fraction of sp³-hybridized carbons (Fsp3) is 0.333. The van der Waals surface area contributed by atoms with Crippen LogP contribution < -0.4 is 5.32 Å². The third kappa shape index (κ3) is 1.83. The van der Waals surface area contributed by atoms with Gasteiger partial charge in [-0.3, -0.25) is 0 Å². The molecule has 0 bridgehead atoms. The molecule has 0 aliphatic heterocycles. The van der Waals surface area contributed by atoms with Crippen LogP contribution in [0.25, 0.3) is 10.2 Å². The van der Waals surface area contributed by atoms with E-state index in [0.717, 1.165) is 16.0 Å². The van der Waals surface area contributed by atoms with E-state index in [4.69, 9.17) is 5.11 Å². The Kier molecular flexibility index (Phi) is 2.60. The van der Waals surface area contributed by atoms with Gasteiger partial charge in [0.2, 0.25) is 0 Å². The van der Waals surface area contributed by atoms with E-state index in [9.17, 15) is 0 Å². The molecule has 2 rings (SSSR count). The maximum atomic E-state index is 9.13. The molecule has 74 valence electrons. The minimum atomic E-state index is -0.376. The predicted molar refractivity (Wildman–Crippen MR) is 57.6 cm³/mol. The zero-order valence-corrected chi connectivity index (χ0v) is 8.58. The molecule has 0 amide bonds. The van der Waals surface area contributed by atoms with Crippen molar-refractivity contribution in [1.29, 1.82) is 0 Å². The summed E-state index contributed by atoms with van der Waals surface area (Å²) in [5.74, 6) is 0.789. The van der Waals surface area contributed by atoms with E-state index in [1.807, 2.05) is 11.4 Å². The smallest absolute Gasteiger partial charge is 0.138 e. The average molecular weight is 209 g/mol. The monoisotopic (exact) mass is 209 g/mol. The number of anilines is 1. The Bertz CT molecular complexity index is 427. The second kappa shape index (κ2) is 3.89. The van der Waals surface area contributed by atoms with Crippen molar-refractivity contribution in [3.05, 3.63) is 17.8 Å². The van der Waals surface area contributed by atoms with Crippen molar-refractivity contribution in [2.24, 2.45) is 0 Å². The second-order valence-electron chi connectivity index (χ2n) is 3.09. The lowest BCUT2D eigenvalue weighted by atomic mass is 10.3. The Morgan fingerprint density at radius 1 is 1.57 bits per heavy atom. The number of aliphatic hydroxyl groups excluding tert-OH is 1. The largest absolute Gasteiger partial charge is 0.392 e. The molecule has 0 aromatic carbocycles. The fourth-order valence-electron chi connectivity index (χ4n) is 1.18. The first-order valence-corrected chi connectivity index (χ1v) is 5.25. The van der Waals surface area contributed by atoms with Gasteiger partial charge in [-0.15, -0.1) is 11.3 Å². The maximum absolute atomic E-state index is 9.13. The molecule has 1 atom stereocenters. The minimum Gasteiger partial charge on any atom is -0.392 e. The molecule has 4 nitrogen and oxygen atoms in total. The number of hydrogen-bond acceptors (Lipinski definition) is 5. The number of fused-ring (bicyclic) bond motifs is 1. The van der Waals surface area contributed by atoms with Gasteiger partial charge in [-0.1, -0.05) is 0 Å². The van der Waals surface area contributed by atoms with Gasteiger partial charge in [0.25, 0.3) is 0 Å². The van der Waals surface area contributed by atoms with Crippen LogP contribution in [0.3, 0.4) is 0 Å². The third-order valence-electron chi connectivity index (χ3n) is 1.83. The van der Waals surface area contributed by atoms with Crippen LogP contribution >= 0.6 is 11.3 Å². The molecule has 5 heteroatoms. The first-order valence-electron chi connectivity index (χ1n) is 4.37. The summed E-state index contributed by atoms with van der Waals surface area (Å²) in [5, 5.41) is 15.2. The zero-order chi connectivity index (χ0) is 9.97. The number of rotatable bonds is 3. The number of aromatic nitrogens is 2. The molecule has 0 saturated heterocycles. The molecule has 0 aliphatic carbocycles. The first kappa shape index (κ1) is 9.36. The van der Waals surface area contributed by atoms with Gasteiger partial charge in [0, 0.05) is 6.54 Å². The van der Waals surface area contributed by atoms with E-state index in [1.54, 1.807) is 18.3 Å². The van der Waals surface area contributed by atoms with Gasteiger partial charge in [0.15, 0.2) is 0 Å². The van der Waals surface area contributed by atoms with E-state index in [0.29, 0.717) is 6.54 Å². The van der Waals surface area contributed by atoms with Crippen LogP contribution in [-0.2, 0) is 0 Å². The number of thiophene rings is 1. The van der Waals surface area contributed by atoms with Crippen molar-refractivity contribution in [2.75, 3.05) is 11.9 Å². The maximum Gasteiger partial charge on any atom is 0.138 e. The molecule has 0 fully saturated rings. The Balaban J connectivity index is 2.27. The van der Waals surface area contributed by atoms with Crippen molar-refractivity contribution in [1.82, 2.24) is 9.97 Å². The van der Waals surface area contributed by atoms with E-state index >= 15 is 0 Å². The molecular formula is C9H11N3OS. The molecule has 2 aromatic rings. The molecule has 2 aromatic heterocycles. The summed E-state index contributed by atoms with van der Waals surface area (Å²) in [6.07, 6.45) is 1.15. The van der Waals surface area contributed by atoms with Crippen LogP contribution in [0.4, 0.5) is 5.82 Å². The summed E-state index contributed by atoms with van der Waals surface area (Å²) in [4.78, 5) is 9.22. The van der Waals surface area contributed by atoms with Gasteiger partial charge in [0.05, 0.1) is 11.5 Å². The average Bonchev–Trinajstić information content (AvgIpc) is 2.62. The Morgan fingerprint density at radius 2 is 2.43 bits per heavy atom. The van der Waals surface area contributed by atoms with E-state index in [1.165, 1.54) is 6.33 Å². The van der Waals surface area contributed by atoms with Crippen molar-refractivity contribution >= 4 is 27.4 Å². The summed E-state index contributed by atoms with van der Waals surface area (Å²) in [6.45, 7) is 2.24. The lowest BCUT2D eigenvalue weighted by Gasteiger charge is -2.07. The molecule has 2 heterocycles. The molecule has 14 heavy (non-hydrogen) atoms. The molecule has 2 N–H and O–H groups in total. The summed E-state index contributed by atoms with van der Waals surface area (Å²) in [7, 11) is 0. The highest BCUT2D eigenvalue weighted by Gasteiger charge is 2.04. The van der Waals surface area contributed by atoms with Crippen molar-refractivity contribution < 1.29 is 5.11 Å². The molecule has 0 radical (unpaired) electrons. The first-order chi connectivity index (χ1) is 6.77. The summed E-state index contributed by atoms with van der Waals surface area (Å²) in [6, 6.07) is 1.98. The van der Waals surface area contributed by atoms with Crippen molar-refractivity contribution in [3.63, 3.8) is 0 Å². The van der Waals surface area contributed by atoms with Gasteiger partial charge < -0.3 is 10.4 Å². The van der Waals surface area contributed by atoms with Crippen LogP contribution in [0, 0.1) is 0 Å². The highest BCUT2D eigenvalue weighted by Crippen LogP contribution is 2.23. The zero-order valence-electron chi connectivity index (χ0n) is 7.77. The highest BCUT2D eigenvalue weighted by atomic mass is 32.1. The van der Waals surface area contributed by atoms with Crippen molar-refractivity contribution in [3.8, 4) is 0 Å². The number of nitrogens with zero attached hydrogens (tertiary/aromatic N) is 2. The molecule has 1 unspecified atom stereocenters. The second-order valence-corrected chi connectivity index (χ2v) is 3.99. The minimum absolute atomic E-state index is 0.376. The molecule has 0 saturated carbocycles. The van der Waals surface area contributed by atoms with Crippen LogP contribution in [-0.4, -0.2) is 27.7 Å².